The summed E-state index contributed by atoms with van der Waals surface area (Å²) in [4.78, 5) is 12.2. The fourth-order valence-electron chi connectivity index (χ4n) is 2.76. The standard InChI is InChI=1S/C15H20ClNO3S/c1-15(2)7-6-11(9-15)17-14(18)10-4-5-12(16)13(8-10)21(3,19)20/h4-5,8,11H,6-7,9H2,1-3H3,(H,17,18). The number of carbonyl (C=O) groups excluding carboxylic acids is 1. The van der Waals surface area contributed by atoms with Crippen LogP contribution in [-0.4, -0.2) is 26.6 Å². The zero-order valence-corrected chi connectivity index (χ0v) is 14.0. The summed E-state index contributed by atoms with van der Waals surface area (Å²) in [5.74, 6) is -0.251. The number of rotatable bonds is 3. The third-order valence-electron chi connectivity index (χ3n) is 3.90. The van der Waals surface area contributed by atoms with Gasteiger partial charge in [0, 0.05) is 17.9 Å². The van der Waals surface area contributed by atoms with Crippen LogP contribution in [0.4, 0.5) is 0 Å². The minimum absolute atomic E-state index is 0.0106. The van der Waals surface area contributed by atoms with Gasteiger partial charge < -0.3 is 5.32 Å². The Kier molecular flexibility index (Phi) is 4.36. The van der Waals surface area contributed by atoms with Crippen LogP contribution < -0.4 is 5.32 Å². The number of carbonyl (C=O) groups is 1. The monoisotopic (exact) mass is 329 g/mol. The van der Waals surface area contributed by atoms with Crippen molar-refractivity contribution in [3.63, 3.8) is 0 Å². The summed E-state index contributed by atoms with van der Waals surface area (Å²) in [5, 5.41) is 3.11. The molecule has 1 aliphatic rings. The van der Waals surface area contributed by atoms with E-state index in [2.05, 4.69) is 19.2 Å². The molecule has 0 radical (unpaired) electrons. The zero-order chi connectivity index (χ0) is 15.8. The van der Waals surface area contributed by atoms with E-state index in [1.807, 2.05) is 0 Å². The average Bonchev–Trinajstić information content (AvgIpc) is 2.67. The Morgan fingerprint density at radius 2 is 2.05 bits per heavy atom. The van der Waals surface area contributed by atoms with Gasteiger partial charge in [0.2, 0.25) is 0 Å². The average molecular weight is 330 g/mol. The summed E-state index contributed by atoms with van der Waals surface area (Å²) in [7, 11) is -3.45. The summed E-state index contributed by atoms with van der Waals surface area (Å²) >= 11 is 5.88. The number of nitrogens with one attached hydrogen (secondary N) is 1. The Bertz CT molecular complexity index is 667. The molecule has 1 aromatic carbocycles. The highest BCUT2D eigenvalue weighted by atomic mass is 35.5. The van der Waals surface area contributed by atoms with Crippen LogP contribution in [0.3, 0.4) is 0 Å². The molecule has 0 saturated heterocycles. The van der Waals surface area contributed by atoms with Crippen molar-refractivity contribution in [1.29, 1.82) is 0 Å². The molecule has 1 N–H and O–H groups in total. The SMILES string of the molecule is CC1(C)CCC(NC(=O)c2ccc(Cl)c(S(C)(=O)=O)c2)C1. The Morgan fingerprint density at radius 3 is 2.57 bits per heavy atom. The van der Waals surface area contributed by atoms with Gasteiger partial charge in [0.05, 0.1) is 9.92 Å². The Balaban J connectivity index is 2.17. The van der Waals surface area contributed by atoms with Crippen LogP contribution in [0.5, 0.6) is 0 Å². The third kappa shape index (κ3) is 3.98. The van der Waals surface area contributed by atoms with Crippen LogP contribution >= 0.6 is 11.6 Å². The fourth-order valence-corrected chi connectivity index (χ4v) is 4.06. The van der Waals surface area contributed by atoms with Crippen molar-refractivity contribution in [3.8, 4) is 0 Å². The number of benzene rings is 1. The van der Waals surface area contributed by atoms with E-state index in [-0.39, 0.29) is 27.3 Å². The second-order valence-corrected chi connectivity index (χ2v) is 8.89. The molecule has 1 aromatic rings. The first-order valence-electron chi connectivity index (χ1n) is 6.89. The van der Waals surface area contributed by atoms with E-state index < -0.39 is 9.84 Å². The van der Waals surface area contributed by atoms with Crippen molar-refractivity contribution < 1.29 is 13.2 Å². The van der Waals surface area contributed by atoms with E-state index in [4.69, 9.17) is 11.6 Å². The Morgan fingerprint density at radius 1 is 1.38 bits per heavy atom. The molecule has 1 atom stereocenters. The molecule has 4 nitrogen and oxygen atoms in total. The van der Waals surface area contributed by atoms with Gasteiger partial charge >= 0.3 is 0 Å². The number of hydrogen-bond donors (Lipinski definition) is 1. The maximum absolute atomic E-state index is 12.3. The molecule has 1 fully saturated rings. The normalized spacial score (nSPS) is 21.2. The van der Waals surface area contributed by atoms with Gasteiger partial charge in [0.15, 0.2) is 9.84 Å². The molecule has 0 aliphatic heterocycles. The highest BCUT2D eigenvalue weighted by Crippen LogP contribution is 2.37. The summed E-state index contributed by atoms with van der Waals surface area (Å²) < 4.78 is 23.3. The molecular weight excluding hydrogens is 310 g/mol. The van der Waals surface area contributed by atoms with Crippen molar-refractivity contribution >= 4 is 27.3 Å². The van der Waals surface area contributed by atoms with Crippen LogP contribution in [0.1, 0.15) is 43.5 Å². The minimum atomic E-state index is -3.45. The van der Waals surface area contributed by atoms with Gasteiger partial charge in [-0.15, -0.1) is 0 Å². The van der Waals surface area contributed by atoms with E-state index in [1.54, 1.807) is 6.07 Å². The molecule has 0 bridgehead atoms. The van der Waals surface area contributed by atoms with Crippen molar-refractivity contribution in [2.75, 3.05) is 6.26 Å². The Labute approximate surface area is 130 Å². The van der Waals surface area contributed by atoms with Crippen molar-refractivity contribution in [2.45, 2.75) is 44.0 Å². The smallest absolute Gasteiger partial charge is 0.251 e. The van der Waals surface area contributed by atoms with E-state index >= 15 is 0 Å². The lowest BCUT2D eigenvalue weighted by Gasteiger charge is -2.18. The highest BCUT2D eigenvalue weighted by Gasteiger charge is 2.31. The molecule has 1 unspecified atom stereocenters. The molecule has 1 aliphatic carbocycles. The van der Waals surface area contributed by atoms with E-state index in [1.165, 1.54) is 12.1 Å². The topological polar surface area (TPSA) is 63.2 Å². The molecule has 6 heteroatoms. The second kappa shape index (κ2) is 5.61. The molecule has 0 spiro atoms. The maximum atomic E-state index is 12.3. The number of hydrogen-bond acceptors (Lipinski definition) is 3. The van der Waals surface area contributed by atoms with Crippen molar-refractivity contribution in [3.05, 3.63) is 28.8 Å². The van der Waals surface area contributed by atoms with Crippen molar-refractivity contribution in [2.24, 2.45) is 5.41 Å². The van der Waals surface area contributed by atoms with Crippen LogP contribution in [0.2, 0.25) is 5.02 Å². The largest absolute Gasteiger partial charge is 0.349 e. The van der Waals surface area contributed by atoms with Gasteiger partial charge in [0.1, 0.15) is 0 Å². The quantitative estimate of drug-likeness (QED) is 0.927. The predicted molar refractivity (Wildman–Crippen MR) is 83.4 cm³/mol. The fraction of sp³-hybridized carbons (Fsp3) is 0.533. The molecular formula is C15H20ClNO3S. The first kappa shape index (κ1) is 16.3. The molecule has 1 saturated carbocycles. The van der Waals surface area contributed by atoms with Gasteiger partial charge in [0.25, 0.3) is 5.91 Å². The number of sulfone groups is 1. The van der Waals surface area contributed by atoms with Crippen LogP contribution in [0.15, 0.2) is 23.1 Å². The van der Waals surface area contributed by atoms with Crippen LogP contribution in [0.25, 0.3) is 0 Å². The van der Waals surface area contributed by atoms with Gasteiger partial charge in [-0.2, -0.15) is 0 Å². The number of amides is 1. The summed E-state index contributed by atoms with van der Waals surface area (Å²) in [6, 6.07) is 4.48. The first-order valence-corrected chi connectivity index (χ1v) is 9.16. The van der Waals surface area contributed by atoms with Crippen molar-refractivity contribution in [1.82, 2.24) is 5.32 Å². The van der Waals surface area contributed by atoms with Gasteiger partial charge in [-0.1, -0.05) is 25.4 Å². The molecule has 1 amide bonds. The lowest BCUT2D eigenvalue weighted by atomic mass is 9.92. The van der Waals surface area contributed by atoms with Gasteiger partial charge in [-0.3, -0.25) is 4.79 Å². The highest BCUT2D eigenvalue weighted by molar-refractivity contribution is 7.90. The zero-order valence-electron chi connectivity index (χ0n) is 12.4. The third-order valence-corrected chi connectivity index (χ3v) is 5.47. The van der Waals surface area contributed by atoms with E-state index in [9.17, 15) is 13.2 Å². The lowest BCUT2D eigenvalue weighted by Crippen LogP contribution is -2.33. The maximum Gasteiger partial charge on any atom is 0.251 e. The molecule has 0 aromatic heterocycles. The van der Waals surface area contributed by atoms with Gasteiger partial charge in [-0.05, 0) is 42.9 Å². The summed E-state index contributed by atoms with van der Waals surface area (Å²) in [5.41, 5.74) is 0.570. The van der Waals surface area contributed by atoms with E-state index in [0.29, 0.717) is 5.56 Å². The lowest BCUT2D eigenvalue weighted by molar-refractivity contribution is 0.0936. The summed E-state index contributed by atoms with van der Waals surface area (Å²) in [6.07, 6.45) is 4.04. The minimum Gasteiger partial charge on any atom is -0.349 e. The Hall–Kier alpha value is -1.07. The van der Waals surface area contributed by atoms with Crippen LogP contribution in [0, 0.1) is 5.41 Å². The second-order valence-electron chi connectivity index (χ2n) is 6.49. The first-order chi connectivity index (χ1) is 9.58. The molecule has 21 heavy (non-hydrogen) atoms. The predicted octanol–water partition coefficient (Wildman–Crippen LogP) is 3.05. The van der Waals surface area contributed by atoms with Crippen LogP contribution in [-0.2, 0) is 9.84 Å². The molecule has 2 rings (SSSR count). The van der Waals surface area contributed by atoms with Gasteiger partial charge in [-0.25, -0.2) is 8.42 Å². The van der Waals surface area contributed by atoms with E-state index in [0.717, 1.165) is 25.5 Å². The number of halogens is 1. The molecule has 0 heterocycles. The molecule has 116 valence electrons. The summed E-state index contributed by atoms with van der Waals surface area (Å²) in [6.45, 7) is 4.37.